The van der Waals surface area contributed by atoms with Crippen molar-refractivity contribution >= 4 is 11.9 Å². The Hall–Kier alpha value is -1.84. The van der Waals surface area contributed by atoms with E-state index in [0.29, 0.717) is 6.54 Å². The van der Waals surface area contributed by atoms with Gasteiger partial charge < -0.3 is 4.90 Å². The van der Waals surface area contributed by atoms with Gasteiger partial charge in [0.15, 0.2) is 0 Å². The molecule has 1 heterocycles. The van der Waals surface area contributed by atoms with Crippen LogP contribution in [0.15, 0.2) is 24.3 Å². The minimum atomic E-state index is -0.300. The highest BCUT2D eigenvalue weighted by Crippen LogP contribution is 2.23. The van der Waals surface area contributed by atoms with E-state index in [1.807, 2.05) is 45.0 Å². The first-order valence-electron chi connectivity index (χ1n) is 6.17. The molecule has 4 heteroatoms. The fraction of sp³-hybridized carbons (Fsp3) is 0.429. The molecule has 4 nitrogen and oxygen atoms in total. The standard InChI is InChI=1S/C14H18N2O2/c1-9-4-6-12(7-5-9)11(3)16-8-10(2)13(17)15-14(16)18/h4-7,10-11H,8H2,1-3H3,(H,15,17,18). The molecule has 0 saturated carbocycles. The first kappa shape index (κ1) is 12.6. The quantitative estimate of drug-likeness (QED) is 0.870. The summed E-state index contributed by atoms with van der Waals surface area (Å²) in [6, 6.07) is 7.78. The predicted molar refractivity (Wildman–Crippen MR) is 69.0 cm³/mol. The number of amides is 3. The summed E-state index contributed by atoms with van der Waals surface area (Å²) < 4.78 is 0. The number of hydrogen-bond acceptors (Lipinski definition) is 2. The molecule has 1 N–H and O–H groups in total. The average Bonchev–Trinajstić information content (AvgIpc) is 2.34. The molecule has 1 aromatic rings. The van der Waals surface area contributed by atoms with E-state index in [-0.39, 0.29) is 23.9 Å². The summed E-state index contributed by atoms with van der Waals surface area (Å²) >= 11 is 0. The van der Waals surface area contributed by atoms with Crippen LogP contribution < -0.4 is 5.32 Å². The summed E-state index contributed by atoms with van der Waals surface area (Å²) in [5.74, 6) is -0.344. The molecule has 0 radical (unpaired) electrons. The summed E-state index contributed by atoms with van der Waals surface area (Å²) in [4.78, 5) is 24.9. The third kappa shape index (κ3) is 2.37. The Morgan fingerprint density at radius 1 is 1.28 bits per heavy atom. The van der Waals surface area contributed by atoms with Crippen LogP contribution in [0.25, 0.3) is 0 Å². The van der Waals surface area contributed by atoms with Crippen LogP contribution >= 0.6 is 0 Å². The second kappa shape index (κ2) is 4.80. The second-order valence-electron chi connectivity index (χ2n) is 4.93. The van der Waals surface area contributed by atoms with Gasteiger partial charge in [-0.25, -0.2) is 4.79 Å². The topological polar surface area (TPSA) is 49.4 Å². The molecule has 1 aliphatic heterocycles. The van der Waals surface area contributed by atoms with Gasteiger partial charge in [-0.1, -0.05) is 36.8 Å². The van der Waals surface area contributed by atoms with Crippen LogP contribution in [0.1, 0.15) is 31.0 Å². The van der Waals surface area contributed by atoms with Crippen molar-refractivity contribution in [3.05, 3.63) is 35.4 Å². The molecule has 1 saturated heterocycles. The van der Waals surface area contributed by atoms with Crippen LogP contribution in [0.2, 0.25) is 0 Å². The molecule has 1 aromatic carbocycles. The van der Waals surface area contributed by atoms with Gasteiger partial charge in [-0.3, -0.25) is 10.1 Å². The van der Waals surface area contributed by atoms with E-state index in [1.165, 1.54) is 5.56 Å². The van der Waals surface area contributed by atoms with E-state index >= 15 is 0 Å². The number of benzene rings is 1. The van der Waals surface area contributed by atoms with Crippen LogP contribution in [-0.2, 0) is 4.79 Å². The molecule has 2 unspecified atom stereocenters. The lowest BCUT2D eigenvalue weighted by molar-refractivity contribution is -0.125. The van der Waals surface area contributed by atoms with Gasteiger partial charge in [0.1, 0.15) is 0 Å². The molecule has 0 aromatic heterocycles. The highest BCUT2D eigenvalue weighted by molar-refractivity contribution is 5.97. The number of rotatable bonds is 2. The van der Waals surface area contributed by atoms with E-state index in [1.54, 1.807) is 4.90 Å². The van der Waals surface area contributed by atoms with Crippen LogP contribution in [0.5, 0.6) is 0 Å². The number of nitrogens with zero attached hydrogens (tertiary/aromatic N) is 1. The lowest BCUT2D eigenvalue weighted by atomic mass is 10.0. The van der Waals surface area contributed by atoms with Gasteiger partial charge in [0.05, 0.1) is 12.0 Å². The SMILES string of the molecule is Cc1ccc(C(C)N2CC(C)C(=O)NC2=O)cc1. The monoisotopic (exact) mass is 246 g/mol. The summed E-state index contributed by atoms with van der Waals surface area (Å²) in [7, 11) is 0. The molecule has 1 aliphatic rings. The molecule has 0 aliphatic carbocycles. The smallest absolute Gasteiger partial charge is 0.317 e. The lowest BCUT2D eigenvalue weighted by Crippen LogP contribution is -2.54. The maximum absolute atomic E-state index is 11.8. The Balaban J connectivity index is 2.18. The number of imide groups is 1. The highest BCUT2D eigenvalue weighted by Gasteiger charge is 2.32. The van der Waals surface area contributed by atoms with Gasteiger partial charge in [0, 0.05) is 6.54 Å². The van der Waals surface area contributed by atoms with Gasteiger partial charge in [-0.05, 0) is 19.4 Å². The van der Waals surface area contributed by atoms with E-state index < -0.39 is 0 Å². The fourth-order valence-corrected chi connectivity index (χ4v) is 2.12. The van der Waals surface area contributed by atoms with Crippen molar-refractivity contribution < 1.29 is 9.59 Å². The van der Waals surface area contributed by atoms with Crippen LogP contribution in [-0.4, -0.2) is 23.4 Å². The number of carbonyl (C=O) groups excluding carboxylic acids is 2. The number of urea groups is 1. The number of carbonyl (C=O) groups is 2. The molecule has 0 bridgehead atoms. The Morgan fingerprint density at radius 3 is 2.50 bits per heavy atom. The fourth-order valence-electron chi connectivity index (χ4n) is 2.12. The van der Waals surface area contributed by atoms with Crippen molar-refractivity contribution in [3.8, 4) is 0 Å². The normalized spacial score (nSPS) is 21.7. The maximum Gasteiger partial charge on any atom is 0.324 e. The van der Waals surface area contributed by atoms with Gasteiger partial charge in [0.2, 0.25) is 5.91 Å². The summed E-state index contributed by atoms with van der Waals surface area (Å²) in [5.41, 5.74) is 2.27. The zero-order valence-electron chi connectivity index (χ0n) is 10.9. The van der Waals surface area contributed by atoms with Crippen molar-refractivity contribution in [2.75, 3.05) is 6.54 Å². The zero-order chi connectivity index (χ0) is 13.3. The Morgan fingerprint density at radius 2 is 1.89 bits per heavy atom. The van der Waals surface area contributed by atoms with Crippen LogP contribution in [0.3, 0.4) is 0 Å². The highest BCUT2D eigenvalue weighted by atomic mass is 16.2. The molecular weight excluding hydrogens is 228 g/mol. The minimum absolute atomic E-state index is 0.0267. The van der Waals surface area contributed by atoms with Gasteiger partial charge in [-0.15, -0.1) is 0 Å². The van der Waals surface area contributed by atoms with Gasteiger partial charge in [-0.2, -0.15) is 0 Å². The molecule has 96 valence electrons. The maximum atomic E-state index is 11.8. The third-order valence-electron chi connectivity index (χ3n) is 3.44. The summed E-state index contributed by atoms with van der Waals surface area (Å²) in [6.45, 7) is 6.31. The molecule has 2 rings (SSSR count). The summed E-state index contributed by atoms with van der Waals surface area (Å²) in [6.07, 6.45) is 0. The number of hydrogen-bond donors (Lipinski definition) is 1. The van der Waals surface area contributed by atoms with Crippen molar-refractivity contribution in [1.82, 2.24) is 10.2 Å². The van der Waals surface area contributed by atoms with Crippen molar-refractivity contribution in [2.45, 2.75) is 26.8 Å². The lowest BCUT2D eigenvalue weighted by Gasteiger charge is -2.35. The Kier molecular flexibility index (Phi) is 3.36. The van der Waals surface area contributed by atoms with Crippen molar-refractivity contribution in [3.63, 3.8) is 0 Å². The predicted octanol–water partition coefficient (Wildman–Crippen LogP) is 2.24. The molecule has 18 heavy (non-hydrogen) atoms. The molecule has 0 spiro atoms. The van der Waals surface area contributed by atoms with Crippen molar-refractivity contribution in [2.24, 2.45) is 5.92 Å². The molecule has 3 amide bonds. The van der Waals surface area contributed by atoms with Crippen LogP contribution in [0, 0.1) is 12.8 Å². The van der Waals surface area contributed by atoms with Crippen LogP contribution in [0.4, 0.5) is 4.79 Å². The Bertz CT molecular complexity index is 467. The van der Waals surface area contributed by atoms with Gasteiger partial charge >= 0.3 is 6.03 Å². The second-order valence-corrected chi connectivity index (χ2v) is 4.93. The molecule has 2 atom stereocenters. The first-order valence-corrected chi connectivity index (χ1v) is 6.17. The molecule has 1 fully saturated rings. The number of aryl methyl sites for hydroxylation is 1. The van der Waals surface area contributed by atoms with Gasteiger partial charge in [0.25, 0.3) is 0 Å². The largest absolute Gasteiger partial charge is 0.324 e. The van der Waals surface area contributed by atoms with E-state index in [0.717, 1.165) is 5.56 Å². The average molecular weight is 246 g/mol. The first-order chi connectivity index (χ1) is 8.49. The number of nitrogens with one attached hydrogen (secondary N) is 1. The van der Waals surface area contributed by atoms with E-state index in [9.17, 15) is 9.59 Å². The van der Waals surface area contributed by atoms with Crippen molar-refractivity contribution in [1.29, 1.82) is 0 Å². The third-order valence-corrected chi connectivity index (χ3v) is 3.44. The minimum Gasteiger partial charge on any atom is -0.317 e. The molecular formula is C14H18N2O2. The zero-order valence-corrected chi connectivity index (χ0v) is 10.9. The van der Waals surface area contributed by atoms with E-state index in [2.05, 4.69) is 5.32 Å². The van der Waals surface area contributed by atoms with E-state index in [4.69, 9.17) is 0 Å². The Labute approximate surface area is 107 Å². The summed E-state index contributed by atoms with van der Waals surface area (Å²) in [5, 5.41) is 2.39.